The first-order valence-electron chi connectivity index (χ1n) is 14.1. The number of carbonyl (C=O) groups is 1. The van der Waals surface area contributed by atoms with Gasteiger partial charge >= 0.3 is 0 Å². The molecule has 0 aromatic heterocycles. The van der Waals surface area contributed by atoms with Crippen molar-refractivity contribution in [3.63, 3.8) is 0 Å². The molecule has 0 radical (unpaired) electrons. The van der Waals surface area contributed by atoms with Gasteiger partial charge in [0.25, 0.3) is 10.0 Å². The van der Waals surface area contributed by atoms with Gasteiger partial charge in [0.15, 0.2) is 0 Å². The fraction of sp³-hybridized carbons (Fsp3) is 0.387. The van der Waals surface area contributed by atoms with Crippen LogP contribution in [0.1, 0.15) is 44.1 Å². The van der Waals surface area contributed by atoms with Crippen LogP contribution in [0, 0.1) is 17.8 Å². The molecule has 0 saturated heterocycles. The summed E-state index contributed by atoms with van der Waals surface area (Å²) >= 11 is 0. The quantitative estimate of drug-likeness (QED) is 0.347. The molecule has 4 bridgehead atoms. The highest BCUT2D eigenvalue weighted by molar-refractivity contribution is 7.92. The summed E-state index contributed by atoms with van der Waals surface area (Å²) in [5, 5.41) is 2.68. The van der Waals surface area contributed by atoms with Crippen LogP contribution in [0.2, 0.25) is 0 Å². The van der Waals surface area contributed by atoms with E-state index in [1.807, 2.05) is 12.1 Å². The molecule has 0 aliphatic heterocycles. The van der Waals surface area contributed by atoms with Gasteiger partial charge in [0.05, 0.1) is 16.8 Å². The van der Waals surface area contributed by atoms with E-state index in [0.717, 1.165) is 28.3 Å². The van der Waals surface area contributed by atoms with E-state index in [1.165, 1.54) is 68.4 Å². The van der Waals surface area contributed by atoms with E-state index in [-0.39, 0.29) is 10.3 Å². The van der Waals surface area contributed by atoms with E-state index in [0.29, 0.717) is 17.1 Å². The molecule has 41 heavy (non-hydrogen) atoms. The molecule has 4 aliphatic carbocycles. The number of benzene rings is 3. The van der Waals surface area contributed by atoms with Gasteiger partial charge in [0.2, 0.25) is 15.9 Å². The summed E-state index contributed by atoms with van der Waals surface area (Å²) in [6.45, 7) is -0.398. The van der Waals surface area contributed by atoms with Gasteiger partial charge in [0, 0.05) is 11.4 Å². The van der Waals surface area contributed by atoms with Crippen LogP contribution in [-0.2, 0) is 30.3 Å². The third-order valence-corrected chi connectivity index (χ3v) is 11.5. The number of sulfonamides is 2. The lowest BCUT2D eigenvalue weighted by atomic mass is 9.48. The predicted molar refractivity (Wildman–Crippen MR) is 161 cm³/mol. The summed E-state index contributed by atoms with van der Waals surface area (Å²) in [6, 6.07) is 22.0. The first-order valence-corrected chi connectivity index (χ1v) is 17.4. The minimum atomic E-state index is -3.80. The number of rotatable bonds is 9. The number of hydrogen-bond acceptors (Lipinski definition) is 5. The highest BCUT2D eigenvalue weighted by Crippen LogP contribution is 2.60. The second kappa shape index (κ2) is 10.5. The smallest absolute Gasteiger partial charge is 0.261 e. The highest BCUT2D eigenvalue weighted by atomic mass is 32.2. The summed E-state index contributed by atoms with van der Waals surface area (Å²) in [7, 11) is -7.54. The molecule has 8 nitrogen and oxygen atoms in total. The molecule has 3 aromatic carbocycles. The third kappa shape index (κ3) is 5.85. The lowest BCUT2D eigenvalue weighted by Crippen LogP contribution is -2.48. The normalized spacial score (nSPS) is 25.0. The van der Waals surface area contributed by atoms with Crippen molar-refractivity contribution in [1.82, 2.24) is 0 Å². The van der Waals surface area contributed by atoms with Crippen LogP contribution in [0.15, 0.2) is 83.8 Å². The van der Waals surface area contributed by atoms with Gasteiger partial charge in [0.1, 0.15) is 6.54 Å². The highest BCUT2D eigenvalue weighted by Gasteiger charge is 2.51. The Kier molecular flexibility index (Phi) is 7.10. The number of carbonyl (C=O) groups excluding carboxylic acids is 1. The van der Waals surface area contributed by atoms with Crippen molar-refractivity contribution in [2.45, 2.75) is 48.8 Å². The van der Waals surface area contributed by atoms with Crippen molar-refractivity contribution < 1.29 is 21.6 Å². The van der Waals surface area contributed by atoms with Crippen LogP contribution in [0.5, 0.6) is 0 Å². The first kappa shape index (κ1) is 27.8. The van der Waals surface area contributed by atoms with E-state index in [4.69, 9.17) is 0 Å². The van der Waals surface area contributed by atoms with Crippen molar-refractivity contribution in [3.8, 4) is 0 Å². The SMILES string of the molecule is CS(=O)(=O)N(CC(=O)Nc1ccc(S(=O)(=O)Nc2ccccc2)cc1)c1ccc(C23CC4CC(CC(C4)C2)C3)cc1. The van der Waals surface area contributed by atoms with Crippen molar-refractivity contribution in [3.05, 3.63) is 84.4 Å². The van der Waals surface area contributed by atoms with E-state index in [9.17, 15) is 21.6 Å². The molecule has 3 aromatic rings. The van der Waals surface area contributed by atoms with Crippen LogP contribution < -0.4 is 14.3 Å². The summed E-state index contributed by atoms with van der Waals surface area (Å²) in [5.41, 5.74) is 2.74. The molecule has 7 rings (SSSR count). The molecule has 0 atom stereocenters. The molecule has 0 heterocycles. The number of anilines is 3. The van der Waals surface area contributed by atoms with Crippen molar-refractivity contribution >= 4 is 43.0 Å². The fourth-order valence-electron chi connectivity index (χ4n) is 7.61. The van der Waals surface area contributed by atoms with Crippen LogP contribution >= 0.6 is 0 Å². The van der Waals surface area contributed by atoms with Crippen LogP contribution in [-0.4, -0.2) is 35.5 Å². The van der Waals surface area contributed by atoms with Gasteiger partial charge in [-0.2, -0.15) is 0 Å². The zero-order valence-corrected chi connectivity index (χ0v) is 24.6. The Morgan fingerprint density at radius 3 is 1.88 bits per heavy atom. The van der Waals surface area contributed by atoms with Gasteiger partial charge in [-0.05, 0) is 116 Å². The van der Waals surface area contributed by atoms with Gasteiger partial charge in [-0.3, -0.25) is 13.8 Å². The van der Waals surface area contributed by atoms with Crippen molar-refractivity contribution in [2.75, 3.05) is 27.1 Å². The van der Waals surface area contributed by atoms with Crippen LogP contribution in [0.4, 0.5) is 17.1 Å². The molecule has 4 aliphatic rings. The average molecular weight is 594 g/mol. The van der Waals surface area contributed by atoms with Crippen LogP contribution in [0.25, 0.3) is 0 Å². The van der Waals surface area contributed by atoms with E-state index in [1.54, 1.807) is 30.3 Å². The number of nitrogens with one attached hydrogen (secondary N) is 2. The molecular weight excluding hydrogens is 558 g/mol. The van der Waals surface area contributed by atoms with Crippen molar-refractivity contribution in [2.24, 2.45) is 17.8 Å². The molecule has 1 amide bonds. The number of hydrogen-bond donors (Lipinski definition) is 2. The van der Waals surface area contributed by atoms with E-state index >= 15 is 0 Å². The monoisotopic (exact) mass is 593 g/mol. The summed E-state index contributed by atoms with van der Waals surface area (Å²) in [6.07, 6.45) is 8.83. The predicted octanol–water partition coefficient (Wildman–Crippen LogP) is 5.36. The molecule has 216 valence electrons. The summed E-state index contributed by atoms with van der Waals surface area (Å²) in [5.74, 6) is 1.91. The maximum atomic E-state index is 12.9. The summed E-state index contributed by atoms with van der Waals surface area (Å²) in [4.78, 5) is 13.0. The fourth-order valence-corrected chi connectivity index (χ4v) is 9.53. The summed E-state index contributed by atoms with van der Waals surface area (Å²) < 4.78 is 54.4. The first-order chi connectivity index (χ1) is 19.5. The Morgan fingerprint density at radius 2 is 1.34 bits per heavy atom. The topological polar surface area (TPSA) is 113 Å². The van der Waals surface area contributed by atoms with Crippen molar-refractivity contribution in [1.29, 1.82) is 0 Å². The van der Waals surface area contributed by atoms with Gasteiger partial charge < -0.3 is 5.32 Å². The second-order valence-electron chi connectivity index (χ2n) is 12.1. The third-order valence-electron chi connectivity index (χ3n) is 8.97. The van der Waals surface area contributed by atoms with E-state index < -0.39 is 32.5 Å². The largest absolute Gasteiger partial charge is 0.325 e. The standard InChI is InChI=1S/C31H35N3O5S2/c1-40(36,37)34(28-11-7-25(8-12-28)31-18-22-15-23(19-31)17-24(16-22)20-31)21-30(35)32-26-9-13-29(14-10-26)41(38,39)33-27-5-3-2-4-6-27/h2-14,22-24,33H,15-21H2,1H3,(H,32,35). The Morgan fingerprint density at radius 1 is 0.780 bits per heavy atom. The number of amides is 1. The Balaban J connectivity index is 1.13. The molecule has 2 N–H and O–H groups in total. The Hall–Kier alpha value is -3.37. The molecule has 4 saturated carbocycles. The maximum absolute atomic E-state index is 12.9. The molecular formula is C31H35N3O5S2. The lowest BCUT2D eigenvalue weighted by molar-refractivity contribution is -0.114. The van der Waals surface area contributed by atoms with Crippen LogP contribution in [0.3, 0.4) is 0 Å². The molecule has 4 fully saturated rings. The minimum Gasteiger partial charge on any atom is -0.325 e. The minimum absolute atomic E-state index is 0.0382. The van der Waals surface area contributed by atoms with E-state index in [2.05, 4.69) is 22.2 Å². The Labute approximate surface area is 242 Å². The molecule has 0 unspecified atom stereocenters. The molecule has 10 heteroatoms. The zero-order valence-electron chi connectivity index (χ0n) is 23.0. The average Bonchev–Trinajstić information content (AvgIpc) is 2.91. The maximum Gasteiger partial charge on any atom is 0.261 e. The van der Waals surface area contributed by atoms with Gasteiger partial charge in [-0.25, -0.2) is 16.8 Å². The number of nitrogens with zero attached hydrogens (tertiary/aromatic N) is 1. The second-order valence-corrected chi connectivity index (χ2v) is 15.6. The van der Waals surface area contributed by atoms with Gasteiger partial charge in [-0.1, -0.05) is 30.3 Å². The zero-order chi connectivity index (χ0) is 28.8. The lowest BCUT2D eigenvalue weighted by Gasteiger charge is -2.57. The van der Waals surface area contributed by atoms with Gasteiger partial charge in [-0.15, -0.1) is 0 Å². The molecule has 0 spiro atoms. The Bertz CT molecular complexity index is 1600. The number of para-hydroxylation sites is 1.